The molecule has 9 heteroatoms. The minimum Gasteiger partial charge on any atom is -0.458 e. The third kappa shape index (κ3) is 6.51. The summed E-state index contributed by atoms with van der Waals surface area (Å²) in [5.74, 6) is 3.31. The van der Waals surface area contributed by atoms with Gasteiger partial charge in [-0.05, 0) is 135 Å². The van der Waals surface area contributed by atoms with E-state index in [1.807, 2.05) is 11.3 Å². The first-order chi connectivity index (χ1) is 41.6. The summed E-state index contributed by atoms with van der Waals surface area (Å²) in [5.41, 5.74) is 22.4. The number of hydrogen-bond donors (Lipinski definition) is 0. The van der Waals surface area contributed by atoms with Crippen molar-refractivity contribution in [3.05, 3.63) is 242 Å². The number of ether oxygens (including phenoxy) is 2. The molecule has 0 unspecified atom stereocenters. The number of para-hydroxylation sites is 6. The van der Waals surface area contributed by atoms with Gasteiger partial charge in [0.2, 0.25) is 0 Å². The minimum atomic E-state index is -0.152. The van der Waals surface area contributed by atoms with Gasteiger partial charge < -0.3 is 28.4 Å². The molecule has 85 heavy (non-hydrogen) atoms. The van der Waals surface area contributed by atoms with Crippen LogP contribution in [0.15, 0.2) is 231 Å². The average Bonchev–Trinajstić information content (AvgIpc) is 1.89. The number of anilines is 6. The second kappa shape index (κ2) is 17.0. The second-order valence-electron chi connectivity index (χ2n) is 25.4. The molecule has 3 aromatic heterocycles. The van der Waals surface area contributed by atoms with Gasteiger partial charge in [0.1, 0.15) is 23.0 Å². The van der Waals surface area contributed by atoms with E-state index < -0.39 is 0 Å². The van der Waals surface area contributed by atoms with Crippen molar-refractivity contribution in [2.75, 3.05) is 9.80 Å². The number of benzene rings is 11. The molecular weight excluding hydrogens is 1050 g/mol. The number of fused-ring (bicyclic) bond motifs is 17. The Morgan fingerprint density at radius 3 is 1.47 bits per heavy atom. The molecule has 0 saturated heterocycles. The van der Waals surface area contributed by atoms with Gasteiger partial charge in [0.25, 0.3) is 13.4 Å². The Morgan fingerprint density at radius 1 is 0.365 bits per heavy atom. The van der Waals surface area contributed by atoms with Crippen molar-refractivity contribution in [1.82, 2.24) is 9.13 Å². The van der Waals surface area contributed by atoms with Crippen molar-refractivity contribution < 1.29 is 9.47 Å². The Labute approximate surface area is 497 Å². The van der Waals surface area contributed by atoms with Crippen LogP contribution in [0.3, 0.4) is 0 Å². The van der Waals surface area contributed by atoms with Gasteiger partial charge in [0.15, 0.2) is 0 Å². The van der Waals surface area contributed by atoms with Crippen LogP contribution in [0.25, 0.3) is 65.1 Å². The zero-order valence-electron chi connectivity index (χ0n) is 47.5. The molecule has 4 aliphatic heterocycles. The molecule has 0 fully saturated rings. The first-order valence-electron chi connectivity index (χ1n) is 29.9. The molecule has 0 radical (unpaired) electrons. The van der Waals surface area contributed by atoms with E-state index in [9.17, 15) is 0 Å². The molecule has 7 heterocycles. The molecule has 0 bridgehead atoms. The molecule has 6 nitrogen and oxygen atoms in total. The fourth-order valence-corrected chi connectivity index (χ4v) is 17.2. The van der Waals surface area contributed by atoms with E-state index in [2.05, 4.69) is 277 Å². The quantitative estimate of drug-likeness (QED) is 0.165. The van der Waals surface area contributed by atoms with Crippen LogP contribution in [-0.2, 0) is 10.8 Å². The van der Waals surface area contributed by atoms with Crippen LogP contribution in [-0.4, -0.2) is 22.6 Å². The lowest BCUT2D eigenvalue weighted by Gasteiger charge is -2.44. The van der Waals surface area contributed by atoms with Gasteiger partial charge in [0.05, 0.1) is 39.1 Å². The normalized spacial score (nSPS) is 15.5. The highest BCUT2D eigenvalue weighted by molar-refractivity contribution is 7.33. The fraction of sp³-hybridized carbons (Fsp3) is 0.105. The van der Waals surface area contributed by atoms with Gasteiger partial charge in [-0.1, -0.05) is 167 Å². The maximum Gasteiger partial charge on any atom is 0.268 e. The lowest BCUT2D eigenvalue weighted by atomic mass is 9.32. The predicted molar refractivity (Wildman–Crippen MR) is 357 cm³/mol. The number of rotatable bonds is 4. The van der Waals surface area contributed by atoms with E-state index in [1.54, 1.807) is 0 Å². The van der Waals surface area contributed by atoms with Crippen molar-refractivity contribution in [3.8, 4) is 34.4 Å². The van der Waals surface area contributed by atoms with Crippen LogP contribution < -0.4 is 51.4 Å². The zero-order chi connectivity index (χ0) is 56.2. The number of aromatic nitrogens is 2. The third-order valence-electron chi connectivity index (χ3n) is 19.8. The van der Waals surface area contributed by atoms with Gasteiger partial charge in [-0.3, -0.25) is 0 Å². The Morgan fingerprint density at radius 2 is 0.859 bits per heavy atom. The summed E-state index contributed by atoms with van der Waals surface area (Å²) in [6.45, 7) is 9.44. The zero-order valence-corrected chi connectivity index (χ0v) is 48.3. The summed E-state index contributed by atoms with van der Waals surface area (Å²) in [5, 5.41) is 6.14. The Hall–Kier alpha value is -9.69. The van der Waals surface area contributed by atoms with Crippen molar-refractivity contribution in [2.24, 2.45) is 0 Å². The van der Waals surface area contributed by atoms with Crippen LogP contribution in [0.4, 0.5) is 34.1 Å². The van der Waals surface area contributed by atoms with Gasteiger partial charge in [0, 0.05) is 83.0 Å². The van der Waals surface area contributed by atoms with E-state index in [0.717, 1.165) is 108 Å². The molecule has 0 saturated carbocycles. The van der Waals surface area contributed by atoms with Gasteiger partial charge >= 0.3 is 0 Å². The summed E-state index contributed by atoms with van der Waals surface area (Å²) in [4.78, 5) is 5.07. The Balaban J connectivity index is 0.879. The highest BCUT2D eigenvalue weighted by Gasteiger charge is 2.49. The summed E-state index contributed by atoms with van der Waals surface area (Å²) >= 11 is 1.93. The van der Waals surface area contributed by atoms with E-state index in [1.165, 1.54) is 69.8 Å². The molecule has 14 aromatic rings. The van der Waals surface area contributed by atoms with Crippen LogP contribution >= 0.6 is 11.3 Å². The molecule has 0 atom stereocenters. The first kappa shape index (κ1) is 47.8. The smallest absolute Gasteiger partial charge is 0.268 e. The third-order valence-corrected chi connectivity index (χ3v) is 21.1. The monoisotopic (exact) mass is 1110 g/mol. The predicted octanol–water partition coefficient (Wildman–Crippen LogP) is 16.3. The molecular formula is C76H54B2N4O2S. The number of thiophene rings is 1. The maximum atomic E-state index is 7.67. The molecule has 5 aliphatic rings. The van der Waals surface area contributed by atoms with E-state index in [4.69, 9.17) is 9.47 Å². The maximum absolute atomic E-state index is 7.67. The van der Waals surface area contributed by atoms with E-state index in [-0.39, 0.29) is 24.3 Å². The topological polar surface area (TPSA) is 34.8 Å². The van der Waals surface area contributed by atoms with Crippen molar-refractivity contribution in [2.45, 2.75) is 51.4 Å². The van der Waals surface area contributed by atoms with Crippen LogP contribution in [0, 0.1) is 0 Å². The standard InChI is InChI=1S/C76H54B2N4O2S/c1-75(2)36-37-76(3,4)55-38-46(34-35-54(55)75)82-65-40-48(81-61-30-16-10-24-51(61)52-25-11-17-31-62(52)81)42-69-72(65)78(74-73(82)53-26-12-19-33-70(53)85-74)58-43-57-66(44-67(58)84-69)83-68-41-47(80-59-28-14-8-22-49(59)50-23-9-15-29-60(50)80)39-64-71(68)77(57)56-27-13-18-32-63(56)79(64)45-20-6-5-7-21-45/h5-35,38-44H,36-37H2,1-4H3. The van der Waals surface area contributed by atoms with Crippen LogP contribution in [0.2, 0.25) is 0 Å². The molecule has 0 spiro atoms. The van der Waals surface area contributed by atoms with Gasteiger partial charge in [-0.15, -0.1) is 11.3 Å². The van der Waals surface area contributed by atoms with E-state index in [0.29, 0.717) is 0 Å². The van der Waals surface area contributed by atoms with Crippen LogP contribution in [0.1, 0.15) is 51.7 Å². The highest BCUT2D eigenvalue weighted by Crippen LogP contribution is 2.52. The van der Waals surface area contributed by atoms with Crippen molar-refractivity contribution >= 4 is 145 Å². The van der Waals surface area contributed by atoms with Gasteiger partial charge in [-0.2, -0.15) is 0 Å². The number of hydrogen-bond acceptors (Lipinski definition) is 5. The van der Waals surface area contributed by atoms with Crippen molar-refractivity contribution in [1.29, 1.82) is 0 Å². The average molecular weight is 1110 g/mol. The first-order valence-corrected chi connectivity index (χ1v) is 30.7. The lowest BCUT2D eigenvalue weighted by Crippen LogP contribution is -2.62. The Bertz CT molecular complexity index is 5160. The van der Waals surface area contributed by atoms with Crippen LogP contribution in [0.5, 0.6) is 23.0 Å². The van der Waals surface area contributed by atoms with Gasteiger partial charge in [-0.25, -0.2) is 0 Å². The highest BCUT2D eigenvalue weighted by atomic mass is 32.1. The molecule has 0 N–H and O–H groups in total. The summed E-state index contributed by atoms with van der Waals surface area (Å²) in [7, 11) is 0. The Kier molecular flexibility index (Phi) is 9.55. The fourth-order valence-electron chi connectivity index (χ4n) is 15.8. The number of nitrogens with zero attached hydrogens (tertiary/aromatic N) is 4. The largest absolute Gasteiger partial charge is 0.458 e. The lowest BCUT2D eigenvalue weighted by molar-refractivity contribution is 0.332. The summed E-state index contributed by atoms with van der Waals surface area (Å²) in [6, 6.07) is 85.7. The summed E-state index contributed by atoms with van der Waals surface area (Å²) < 4.78 is 22.7. The van der Waals surface area contributed by atoms with E-state index >= 15 is 0 Å². The minimum absolute atomic E-state index is 0.00708. The molecule has 11 aromatic carbocycles. The molecule has 0 amide bonds. The summed E-state index contributed by atoms with van der Waals surface area (Å²) in [6.07, 6.45) is 2.29. The molecule has 19 rings (SSSR count). The second-order valence-corrected chi connectivity index (χ2v) is 26.4. The molecule has 1 aliphatic carbocycles. The SMILES string of the molecule is CC1(C)CCC(C)(C)c2cc(N3c4cc(-n5c6ccccc6c6ccccc65)cc5c4B(c4cc6c(cc4O5)Oc4cc(-n5c7ccccc7c7ccccc75)cc5c4B6c4ccccc4N5c4ccccc4)c4sc5ccccc5c43)ccc21. The molecule has 402 valence electrons. The van der Waals surface area contributed by atoms with Crippen molar-refractivity contribution in [3.63, 3.8) is 0 Å².